The average molecular weight is 360 g/mol. The summed E-state index contributed by atoms with van der Waals surface area (Å²) in [6, 6.07) is 3.28. The molecule has 1 unspecified atom stereocenters. The van der Waals surface area contributed by atoms with Gasteiger partial charge >= 0.3 is 12.1 Å². The third-order valence-corrected chi connectivity index (χ3v) is 3.82. The van der Waals surface area contributed by atoms with Crippen molar-refractivity contribution in [3.8, 4) is 11.4 Å². The van der Waals surface area contributed by atoms with Gasteiger partial charge in [-0.25, -0.2) is 4.39 Å². The minimum atomic E-state index is -4.80. The lowest BCUT2D eigenvalue weighted by Crippen LogP contribution is -2.18. The number of aliphatic hydroxyl groups excluding tert-OH is 1. The summed E-state index contributed by atoms with van der Waals surface area (Å²) in [7, 11) is 0. The number of aromatic nitrogens is 2. The molecule has 5 nitrogen and oxygen atoms in total. The van der Waals surface area contributed by atoms with Crippen molar-refractivity contribution in [3.05, 3.63) is 35.5 Å². The van der Waals surface area contributed by atoms with Gasteiger partial charge in [0.2, 0.25) is 5.82 Å². The van der Waals surface area contributed by atoms with Gasteiger partial charge in [0.25, 0.3) is 0 Å². The Labute approximate surface area is 140 Å². The van der Waals surface area contributed by atoms with E-state index in [2.05, 4.69) is 14.7 Å². The maximum absolute atomic E-state index is 14.2. The Morgan fingerprint density at radius 1 is 1.32 bits per heavy atom. The van der Waals surface area contributed by atoms with Crippen molar-refractivity contribution < 1.29 is 32.0 Å². The molecule has 0 saturated carbocycles. The first kappa shape index (κ1) is 19.0. The molecule has 2 rings (SSSR count). The highest BCUT2D eigenvalue weighted by Gasteiger charge is 2.38. The maximum Gasteiger partial charge on any atom is 0.471 e. The van der Waals surface area contributed by atoms with Crippen LogP contribution in [0.2, 0.25) is 0 Å². The van der Waals surface area contributed by atoms with Gasteiger partial charge in [0, 0.05) is 18.6 Å². The molecule has 0 radical (unpaired) electrons. The number of nitrogens with zero attached hydrogens (tertiary/aromatic N) is 2. The van der Waals surface area contributed by atoms with E-state index in [0.29, 0.717) is 0 Å². The van der Waals surface area contributed by atoms with E-state index in [1.807, 2.05) is 13.8 Å². The van der Waals surface area contributed by atoms with E-state index < -0.39 is 29.5 Å². The van der Waals surface area contributed by atoms with Crippen LogP contribution in [0.4, 0.5) is 17.6 Å². The molecule has 0 aliphatic heterocycles. The molecule has 1 atom stereocenters. The molecule has 0 fully saturated rings. The number of carbonyl (C=O) groups is 1. The van der Waals surface area contributed by atoms with Crippen LogP contribution in [0.5, 0.6) is 0 Å². The fourth-order valence-corrected chi connectivity index (χ4v) is 2.20. The van der Waals surface area contributed by atoms with E-state index in [4.69, 9.17) is 0 Å². The predicted molar refractivity (Wildman–Crippen MR) is 79.1 cm³/mol. The van der Waals surface area contributed by atoms with Crippen LogP contribution < -0.4 is 0 Å². The Hall–Kier alpha value is -2.29. The van der Waals surface area contributed by atoms with Crippen molar-refractivity contribution >= 4 is 5.78 Å². The molecular weight excluding hydrogens is 344 g/mol. The molecule has 2 aromatic rings. The van der Waals surface area contributed by atoms with Crippen molar-refractivity contribution in [2.75, 3.05) is 6.61 Å². The molecule has 25 heavy (non-hydrogen) atoms. The Morgan fingerprint density at radius 3 is 2.48 bits per heavy atom. The average Bonchev–Trinajstić information content (AvgIpc) is 3.02. The van der Waals surface area contributed by atoms with Gasteiger partial charge in [0.15, 0.2) is 5.78 Å². The fourth-order valence-electron chi connectivity index (χ4n) is 2.20. The maximum atomic E-state index is 14.2. The van der Waals surface area contributed by atoms with Crippen LogP contribution in [0.25, 0.3) is 11.4 Å². The summed E-state index contributed by atoms with van der Waals surface area (Å²) in [5, 5.41) is 12.4. The molecule has 0 bridgehead atoms. The van der Waals surface area contributed by atoms with Crippen LogP contribution in [0.1, 0.15) is 36.5 Å². The minimum Gasteiger partial charge on any atom is -0.396 e. The van der Waals surface area contributed by atoms with E-state index in [1.165, 1.54) is 6.07 Å². The Morgan fingerprint density at radius 2 is 2.00 bits per heavy atom. The highest BCUT2D eigenvalue weighted by atomic mass is 19.4. The number of carbonyl (C=O) groups excluding carboxylic acids is 1. The van der Waals surface area contributed by atoms with Gasteiger partial charge in [-0.15, -0.1) is 0 Å². The second-order valence-corrected chi connectivity index (χ2v) is 5.93. The molecule has 1 aromatic heterocycles. The van der Waals surface area contributed by atoms with Gasteiger partial charge in [0.05, 0.1) is 5.56 Å². The van der Waals surface area contributed by atoms with Crippen LogP contribution in [0, 0.1) is 17.7 Å². The highest BCUT2D eigenvalue weighted by Crippen LogP contribution is 2.30. The van der Waals surface area contributed by atoms with E-state index in [1.54, 1.807) is 0 Å². The van der Waals surface area contributed by atoms with Crippen molar-refractivity contribution in [1.82, 2.24) is 10.1 Å². The first-order chi connectivity index (χ1) is 11.6. The molecule has 0 aliphatic carbocycles. The molecule has 1 heterocycles. The molecule has 1 aromatic carbocycles. The zero-order valence-corrected chi connectivity index (χ0v) is 13.5. The van der Waals surface area contributed by atoms with Crippen molar-refractivity contribution in [3.63, 3.8) is 0 Å². The van der Waals surface area contributed by atoms with Gasteiger partial charge in [-0.3, -0.25) is 4.79 Å². The topological polar surface area (TPSA) is 76.2 Å². The van der Waals surface area contributed by atoms with Gasteiger partial charge in [-0.2, -0.15) is 18.2 Å². The van der Waals surface area contributed by atoms with E-state index in [0.717, 1.165) is 12.1 Å². The van der Waals surface area contributed by atoms with Crippen LogP contribution in [0.3, 0.4) is 0 Å². The summed E-state index contributed by atoms with van der Waals surface area (Å²) >= 11 is 0. The van der Waals surface area contributed by atoms with Crippen molar-refractivity contribution in [2.24, 2.45) is 11.8 Å². The monoisotopic (exact) mass is 360 g/mol. The normalized spacial score (nSPS) is 13.3. The van der Waals surface area contributed by atoms with Crippen LogP contribution >= 0.6 is 0 Å². The molecule has 136 valence electrons. The zero-order valence-electron chi connectivity index (χ0n) is 13.5. The standard InChI is InChI=1S/C16H16F4N2O3/c1-8(2)10(7-23)6-13(24)11-4-3-9(5-12(11)17)14-21-15(25-22-14)16(18,19)20/h3-5,8,10,23H,6-7H2,1-2H3. The SMILES string of the molecule is CC(C)C(CO)CC(=O)c1ccc(-c2noc(C(F)(F)F)n2)cc1F. The lowest BCUT2D eigenvalue weighted by atomic mass is 9.89. The number of benzene rings is 1. The van der Waals surface area contributed by atoms with Crippen LogP contribution in [-0.2, 0) is 6.18 Å². The number of aliphatic hydroxyl groups is 1. The molecule has 0 amide bonds. The van der Waals surface area contributed by atoms with Crippen LogP contribution in [0.15, 0.2) is 22.7 Å². The lowest BCUT2D eigenvalue weighted by molar-refractivity contribution is -0.159. The number of Topliss-reactive ketones (excluding diaryl/α,β-unsaturated/α-hetero) is 1. The van der Waals surface area contributed by atoms with Gasteiger partial charge < -0.3 is 9.63 Å². The molecule has 1 N–H and O–H groups in total. The Bertz CT molecular complexity index is 756. The van der Waals surface area contributed by atoms with E-state index in [9.17, 15) is 27.5 Å². The number of halogens is 4. The first-order valence-corrected chi connectivity index (χ1v) is 7.48. The zero-order chi connectivity index (χ0) is 18.8. The van der Waals surface area contributed by atoms with Crippen LogP contribution in [-0.4, -0.2) is 27.6 Å². The largest absolute Gasteiger partial charge is 0.471 e. The van der Waals surface area contributed by atoms with Crippen molar-refractivity contribution in [2.45, 2.75) is 26.4 Å². The summed E-state index contributed by atoms with van der Waals surface area (Å²) in [5.74, 6) is -3.64. The van der Waals surface area contributed by atoms with Crippen molar-refractivity contribution in [1.29, 1.82) is 0 Å². The molecular formula is C16H16F4N2O3. The van der Waals surface area contributed by atoms with Gasteiger partial charge in [-0.1, -0.05) is 25.1 Å². The van der Waals surface area contributed by atoms with E-state index >= 15 is 0 Å². The molecule has 9 heteroatoms. The molecule has 0 aliphatic rings. The molecule has 0 spiro atoms. The summed E-state index contributed by atoms with van der Waals surface area (Å²) in [5.41, 5.74) is -0.252. The predicted octanol–water partition coefficient (Wildman–Crippen LogP) is 3.73. The smallest absolute Gasteiger partial charge is 0.396 e. The minimum absolute atomic E-state index is 0.0368. The van der Waals surface area contributed by atoms with Gasteiger partial charge in [-0.05, 0) is 24.0 Å². The lowest BCUT2D eigenvalue weighted by Gasteiger charge is -2.17. The van der Waals surface area contributed by atoms with Gasteiger partial charge in [0.1, 0.15) is 5.82 Å². The number of hydrogen-bond acceptors (Lipinski definition) is 5. The number of hydrogen-bond donors (Lipinski definition) is 1. The quantitative estimate of drug-likeness (QED) is 0.627. The first-order valence-electron chi connectivity index (χ1n) is 7.48. The third kappa shape index (κ3) is 4.41. The second kappa shape index (κ2) is 7.30. The van der Waals surface area contributed by atoms with E-state index in [-0.39, 0.29) is 36.0 Å². The highest BCUT2D eigenvalue weighted by molar-refractivity contribution is 5.96. The second-order valence-electron chi connectivity index (χ2n) is 5.93. The number of alkyl halides is 3. The summed E-state index contributed by atoms with van der Waals surface area (Å²) < 4.78 is 55.6. The Balaban J connectivity index is 2.23. The summed E-state index contributed by atoms with van der Waals surface area (Å²) in [6.07, 6.45) is -4.83. The summed E-state index contributed by atoms with van der Waals surface area (Å²) in [6.45, 7) is 3.47. The fraction of sp³-hybridized carbons (Fsp3) is 0.438. The number of ketones is 1. The molecule has 0 saturated heterocycles. The Kier molecular flexibility index (Phi) is 5.56. The number of rotatable bonds is 6. The summed E-state index contributed by atoms with van der Waals surface area (Å²) in [4.78, 5) is 15.3. The third-order valence-electron chi connectivity index (χ3n) is 3.82.